The van der Waals surface area contributed by atoms with E-state index in [9.17, 15) is 9.59 Å². The lowest BCUT2D eigenvalue weighted by Gasteiger charge is -2.24. The molecule has 1 fully saturated rings. The molecule has 0 aliphatic carbocycles. The maximum atomic E-state index is 11.9. The second kappa shape index (κ2) is 5.56. The second-order valence-electron chi connectivity index (χ2n) is 5.49. The van der Waals surface area contributed by atoms with Crippen LogP contribution in [0.5, 0.6) is 0 Å². The number of likely N-dealkylation sites (tertiary alicyclic amines) is 1. The van der Waals surface area contributed by atoms with Crippen LogP contribution in [-0.4, -0.2) is 53.3 Å². The molecule has 1 saturated heterocycles. The lowest BCUT2D eigenvalue weighted by atomic mass is 10.0. The highest BCUT2D eigenvalue weighted by molar-refractivity contribution is 5.75. The van der Waals surface area contributed by atoms with Gasteiger partial charge in [-0.15, -0.1) is 0 Å². The largest absolute Gasteiger partial charge is 0.481 e. The Balaban J connectivity index is 2.65. The predicted octanol–water partition coefficient (Wildman–Crippen LogP) is 0.916. The average Bonchev–Trinajstić information content (AvgIpc) is 2.59. The topological polar surface area (TPSA) is 78.9 Å². The Morgan fingerprint density at radius 1 is 1.39 bits per heavy atom. The van der Waals surface area contributed by atoms with Gasteiger partial charge in [0.2, 0.25) is 0 Å². The van der Waals surface area contributed by atoms with E-state index in [2.05, 4.69) is 5.32 Å². The highest BCUT2D eigenvalue weighted by Crippen LogP contribution is 2.20. The highest BCUT2D eigenvalue weighted by atomic mass is 16.6. The number of carbonyl (C=O) groups is 2. The summed E-state index contributed by atoms with van der Waals surface area (Å²) in [5.41, 5.74) is -0.563. The van der Waals surface area contributed by atoms with Gasteiger partial charge in [0.1, 0.15) is 5.60 Å². The van der Waals surface area contributed by atoms with Crippen LogP contribution >= 0.6 is 0 Å². The number of hydrogen-bond donors (Lipinski definition) is 2. The van der Waals surface area contributed by atoms with Crippen LogP contribution in [0.2, 0.25) is 0 Å². The smallest absolute Gasteiger partial charge is 0.410 e. The molecule has 1 rings (SSSR count). The van der Waals surface area contributed by atoms with E-state index in [1.807, 2.05) is 6.92 Å². The van der Waals surface area contributed by atoms with E-state index in [-0.39, 0.29) is 12.6 Å². The summed E-state index contributed by atoms with van der Waals surface area (Å²) in [4.78, 5) is 24.4. The number of carboxylic acid groups (broad SMARTS) is 1. The number of nitrogens with one attached hydrogen (secondary N) is 1. The first-order chi connectivity index (χ1) is 8.24. The van der Waals surface area contributed by atoms with Gasteiger partial charge in [0.15, 0.2) is 0 Å². The van der Waals surface area contributed by atoms with Crippen molar-refractivity contribution in [3.8, 4) is 0 Å². The van der Waals surface area contributed by atoms with Gasteiger partial charge in [-0.3, -0.25) is 4.79 Å². The molecule has 0 spiro atoms. The quantitative estimate of drug-likeness (QED) is 0.787. The zero-order valence-corrected chi connectivity index (χ0v) is 11.4. The molecule has 0 unspecified atom stereocenters. The van der Waals surface area contributed by atoms with Crippen LogP contribution in [0.1, 0.15) is 27.7 Å². The fourth-order valence-electron chi connectivity index (χ4n) is 2.00. The van der Waals surface area contributed by atoms with Crippen LogP contribution < -0.4 is 5.32 Å². The number of carboxylic acids is 1. The minimum Gasteiger partial charge on any atom is -0.481 e. The fourth-order valence-corrected chi connectivity index (χ4v) is 2.00. The summed E-state index contributed by atoms with van der Waals surface area (Å²) < 4.78 is 5.24. The van der Waals surface area contributed by atoms with Crippen LogP contribution in [0.15, 0.2) is 0 Å². The standard InChI is InChI=1S/C12H22N2O4/c1-5-13-9-7-14(6-8(9)10(15)16)11(17)18-12(2,3)4/h8-9,13H,5-7H2,1-4H3,(H,15,16)/t8-,9-/m0/s1. The van der Waals surface area contributed by atoms with Crippen molar-refractivity contribution in [1.82, 2.24) is 10.2 Å². The third-order valence-electron chi connectivity index (χ3n) is 2.76. The summed E-state index contributed by atoms with van der Waals surface area (Å²) in [6, 6.07) is -0.208. The van der Waals surface area contributed by atoms with Gasteiger partial charge in [-0.1, -0.05) is 6.92 Å². The van der Waals surface area contributed by atoms with E-state index in [0.29, 0.717) is 13.1 Å². The van der Waals surface area contributed by atoms with Crippen molar-refractivity contribution in [2.45, 2.75) is 39.3 Å². The zero-order chi connectivity index (χ0) is 13.9. The van der Waals surface area contributed by atoms with E-state index >= 15 is 0 Å². The van der Waals surface area contributed by atoms with Crippen molar-refractivity contribution in [3.05, 3.63) is 0 Å². The first-order valence-electron chi connectivity index (χ1n) is 6.18. The molecular formula is C12H22N2O4. The van der Waals surface area contributed by atoms with Crippen LogP contribution in [0.25, 0.3) is 0 Å². The molecule has 2 N–H and O–H groups in total. The molecule has 18 heavy (non-hydrogen) atoms. The zero-order valence-electron chi connectivity index (χ0n) is 11.4. The molecule has 2 atom stereocenters. The van der Waals surface area contributed by atoms with Crippen molar-refractivity contribution < 1.29 is 19.4 Å². The minimum absolute atomic E-state index is 0.196. The highest BCUT2D eigenvalue weighted by Gasteiger charge is 2.40. The van der Waals surface area contributed by atoms with Crippen molar-refractivity contribution in [2.24, 2.45) is 5.92 Å². The van der Waals surface area contributed by atoms with Crippen molar-refractivity contribution in [3.63, 3.8) is 0 Å². The number of likely N-dealkylation sites (N-methyl/N-ethyl adjacent to an activating group) is 1. The van der Waals surface area contributed by atoms with Gasteiger partial charge in [0, 0.05) is 19.1 Å². The van der Waals surface area contributed by atoms with Gasteiger partial charge in [0.25, 0.3) is 0 Å². The Labute approximate surface area is 107 Å². The van der Waals surface area contributed by atoms with Crippen LogP contribution in [0, 0.1) is 5.92 Å². The average molecular weight is 258 g/mol. The van der Waals surface area contributed by atoms with Gasteiger partial charge < -0.3 is 20.1 Å². The fraction of sp³-hybridized carbons (Fsp3) is 0.833. The Bertz CT molecular complexity index is 325. The molecule has 0 aromatic heterocycles. The van der Waals surface area contributed by atoms with E-state index in [4.69, 9.17) is 9.84 Å². The van der Waals surface area contributed by atoms with Crippen molar-refractivity contribution in [1.29, 1.82) is 0 Å². The maximum absolute atomic E-state index is 11.9. The number of amides is 1. The first kappa shape index (κ1) is 14.8. The maximum Gasteiger partial charge on any atom is 0.410 e. The van der Waals surface area contributed by atoms with Gasteiger partial charge in [0.05, 0.1) is 5.92 Å². The molecule has 0 bridgehead atoms. The van der Waals surface area contributed by atoms with Gasteiger partial charge >= 0.3 is 12.1 Å². The summed E-state index contributed by atoms with van der Waals surface area (Å²) in [6.45, 7) is 8.53. The SMILES string of the molecule is CCN[C@H]1CN(C(=O)OC(C)(C)C)C[C@@H]1C(=O)O. The predicted molar refractivity (Wildman–Crippen MR) is 66.4 cm³/mol. The Morgan fingerprint density at radius 3 is 2.44 bits per heavy atom. The summed E-state index contributed by atoms with van der Waals surface area (Å²) in [7, 11) is 0. The van der Waals surface area contributed by atoms with E-state index in [1.54, 1.807) is 20.8 Å². The normalized spacial score (nSPS) is 24.1. The van der Waals surface area contributed by atoms with Crippen molar-refractivity contribution in [2.75, 3.05) is 19.6 Å². The number of rotatable bonds is 3. The van der Waals surface area contributed by atoms with Gasteiger partial charge in [-0.25, -0.2) is 4.79 Å². The molecular weight excluding hydrogens is 236 g/mol. The van der Waals surface area contributed by atoms with Crippen LogP contribution in [-0.2, 0) is 9.53 Å². The van der Waals surface area contributed by atoms with E-state index < -0.39 is 23.6 Å². The van der Waals surface area contributed by atoms with Gasteiger partial charge in [-0.2, -0.15) is 0 Å². The molecule has 0 aromatic carbocycles. The molecule has 6 heteroatoms. The number of aliphatic carboxylic acids is 1. The monoisotopic (exact) mass is 258 g/mol. The van der Waals surface area contributed by atoms with Crippen LogP contribution in [0.3, 0.4) is 0 Å². The molecule has 6 nitrogen and oxygen atoms in total. The summed E-state index contributed by atoms with van der Waals surface area (Å²) >= 11 is 0. The van der Waals surface area contributed by atoms with E-state index in [0.717, 1.165) is 0 Å². The lowest BCUT2D eigenvalue weighted by Crippen LogP contribution is -2.40. The van der Waals surface area contributed by atoms with Crippen molar-refractivity contribution >= 4 is 12.1 Å². The molecule has 1 amide bonds. The molecule has 1 aliphatic rings. The number of nitrogens with zero attached hydrogens (tertiary/aromatic N) is 1. The summed E-state index contributed by atoms with van der Waals surface area (Å²) in [6.07, 6.45) is -0.450. The second-order valence-corrected chi connectivity index (χ2v) is 5.49. The Kier molecular flexibility index (Phi) is 4.56. The Hall–Kier alpha value is -1.30. The summed E-state index contributed by atoms with van der Waals surface area (Å²) in [5.74, 6) is -1.45. The third-order valence-corrected chi connectivity index (χ3v) is 2.76. The molecule has 1 aliphatic heterocycles. The number of ether oxygens (including phenoxy) is 1. The van der Waals surface area contributed by atoms with Crippen LogP contribution in [0.4, 0.5) is 4.79 Å². The molecule has 0 aromatic rings. The molecule has 0 radical (unpaired) electrons. The third kappa shape index (κ3) is 3.87. The van der Waals surface area contributed by atoms with Gasteiger partial charge in [-0.05, 0) is 27.3 Å². The summed E-state index contributed by atoms with van der Waals surface area (Å²) in [5, 5.41) is 12.2. The number of carbonyl (C=O) groups excluding carboxylic acids is 1. The Morgan fingerprint density at radius 2 is 2.00 bits per heavy atom. The lowest BCUT2D eigenvalue weighted by molar-refractivity contribution is -0.141. The first-order valence-corrected chi connectivity index (χ1v) is 6.18. The van der Waals surface area contributed by atoms with E-state index in [1.165, 1.54) is 4.90 Å². The minimum atomic E-state index is -0.882. The molecule has 1 heterocycles. The number of hydrogen-bond acceptors (Lipinski definition) is 4. The molecule has 0 saturated carbocycles. The molecule has 104 valence electrons.